The lowest BCUT2D eigenvalue weighted by atomic mass is 10.1. The van der Waals surface area contributed by atoms with E-state index < -0.39 is 11.7 Å². The first-order valence-electron chi connectivity index (χ1n) is 6.23. The SMILES string of the molecule is O=C(N[C@H](CO)Cc1ccccc1)c1ccc(=O)oc1. The van der Waals surface area contributed by atoms with Crippen molar-refractivity contribution in [1.29, 1.82) is 0 Å². The Kier molecular flexibility index (Phi) is 4.68. The molecule has 2 aromatic rings. The van der Waals surface area contributed by atoms with E-state index in [0.29, 0.717) is 6.42 Å². The molecule has 0 saturated carbocycles. The summed E-state index contributed by atoms with van der Waals surface area (Å²) >= 11 is 0. The highest BCUT2D eigenvalue weighted by Crippen LogP contribution is 2.04. The number of carbonyl (C=O) groups is 1. The van der Waals surface area contributed by atoms with Gasteiger partial charge in [-0.1, -0.05) is 30.3 Å². The number of hydrogen-bond acceptors (Lipinski definition) is 4. The van der Waals surface area contributed by atoms with Crippen molar-refractivity contribution in [3.8, 4) is 0 Å². The molecule has 0 aliphatic rings. The van der Waals surface area contributed by atoms with E-state index >= 15 is 0 Å². The Balaban J connectivity index is 2.01. The van der Waals surface area contributed by atoms with E-state index in [4.69, 9.17) is 0 Å². The molecule has 20 heavy (non-hydrogen) atoms. The molecule has 5 heteroatoms. The van der Waals surface area contributed by atoms with Gasteiger partial charge in [0.2, 0.25) is 0 Å². The van der Waals surface area contributed by atoms with Crippen LogP contribution in [0.4, 0.5) is 0 Å². The van der Waals surface area contributed by atoms with Crippen molar-refractivity contribution in [1.82, 2.24) is 5.32 Å². The van der Waals surface area contributed by atoms with Crippen molar-refractivity contribution < 1.29 is 14.3 Å². The average molecular weight is 273 g/mol. The fourth-order valence-electron chi connectivity index (χ4n) is 1.82. The summed E-state index contributed by atoms with van der Waals surface area (Å²) in [4.78, 5) is 22.8. The third-order valence-corrected chi connectivity index (χ3v) is 2.84. The third-order valence-electron chi connectivity index (χ3n) is 2.84. The highest BCUT2D eigenvalue weighted by molar-refractivity contribution is 5.93. The summed E-state index contributed by atoms with van der Waals surface area (Å²) in [6.07, 6.45) is 1.63. The van der Waals surface area contributed by atoms with Crippen molar-refractivity contribution in [2.75, 3.05) is 6.61 Å². The lowest BCUT2D eigenvalue weighted by Crippen LogP contribution is -2.39. The Morgan fingerprint density at radius 1 is 1.20 bits per heavy atom. The number of rotatable bonds is 5. The van der Waals surface area contributed by atoms with Gasteiger partial charge in [0.25, 0.3) is 5.91 Å². The fourth-order valence-corrected chi connectivity index (χ4v) is 1.82. The van der Waals surface area contributed by atoms with Crippen LogP contribution in [0.2, 0.25) is 0 Å². The Labute approximate surface area is 115 Å². The van der Waals surface area contributed by atoms with Gasteiger partial charge in [-0.3, -0.25) is 4.79 Å². The third kappa shape index (κ3) is 3.80. The molecule has 0 aliphatic carbocycles. The molecular formula is C15H15NO4. The largest absolute Gasteiger partial charge is 0.430 e. The van der Waals surface area contributed by atoms with Gasteiger partial charge < -0.3 is 14.8 Å². The van der Waals surface area contributed by atoms with Crippen molar-refractivity contribution in [3.63, 3.8) is 0 Å². The van der Waals surface area contributed by atoms with E-state index in [9.17, 15) is 14.7 Å². The van der Waals surface area contributed by atoms with Crippen molar-refractivity contribution in [2.45, 2.75) is 12.5 Å². The van der Waals surface area contributed by atoms with Crippen LogP contribution in [0.5, 0.6) is 0 Å². The molecule has 0 fully saturated rings. The van der Waals surface area contributed by atoms with E-state index in [2.05, 4.69) is 9.73 Å². The molecule has 2 N–H and O–H groups in total. The minimum atomic E-state index is -0.510. The van der Waals surface area contributed by atoms with Crippen molar-refractivity contribution >= 4 is 5.91 Å². The van der Waals surface area contributed by atoms with Crippen LogP contribution in [0.1, 0.15) is 15.9 Å². The monoisotopic (exact) mass is 273 g/mol. The zero-order chi connectivity index (χ0) is 14.4. The summed E-state index contributed by atoms with van der Waals surface area (Å²) in [5.74, 6) is -0.385. The van der Waals surface area contributed by atoms with E-state index in [1.807, 2.05) is 30.3 Å². The predicted octanol–water partition coefficient (Wildman–Crippen LogP) is 0.973. The fraction of sp³-hybridized carbons (Fsp3) is 0.200. The molecule has 0 saturated heterocycles. The molecule has 2 rings (SSSR count). The summed E-state index contributed by atoms with van der Waals surface area (Å²) in [6.45, 7) is -0.169. The van der Waals surface area contributed by atoms with Gasteiger partial charge in [-0.25, -0.2) is 4.79 Å². The van der Waals surface area contributed by atoms with E-state index in [0.717, 1.165) is 11.8 Å². The van der Waals surface area contributed by atoms with Crippen LogP contribution in [-0.4, -0.2) is 23.7 Å². The first kappa shape index (κ1) is 14.0. The molecule has 0 aliphatic heterocycles. The van der Waals surface area contributed by atoms with Gasteiger partial charge >= 0.3 is 5.63 Å². The Morgan fingerprint density at radius 2 is 1.95 bits per heavy atom. The van der Waals surface area contributed by atoms with Crippen LogP contribution >= 0.6 is 0 Å². The highest BCUT2D eigenvalue weighted by Gasteiger charge is 2.14. The number of carbonyl (C=O) groups excluding carboxylic acids is 1. The first-order valence-corrected chi connectivity index (χ1v) is 6.23. The molecule has 0 bridgehead atoms. The van der Waals surface area contributed by atoms with E-state index in [1.165, 1.54) is 12.1 Å². The Hall–Kier alpha value is -2.40. The number of hydrogen-bond donors (Lipinski definition) is 2. The van der Waals surface area contributed by atoms with Gasteiger partial charge in [0, 0.05) is 6.07 Å². The Morgan fingerprint density at radius 3 is 2.55 bits per heavy atom. The molecule has 1 heterocycles. The van der Waals surface area contributed by atoms with Crippen LogP contribution < -0.4 is 10.9 Å². The Bertz CT molecular complexity index is 601. The number of amides is 1. The zero-order valence-electron chi connectivity index (χ0n) is 10.8. The summed E-state index contributed by atoms with van der Waals surface area (Å²) in [5, 5.41) is 12.0. The molecule has 1 atom stereocenters. The van der Waals surface area contributed by atoms with Crippen molar-refractivity contribution in [3.05, 3.63) is 70.3 Å². The highest BCUT2D eigenvalue weighted by atomic mass is 16.4. The van der Waals surface area contributed by atoms with Crippen LogP contribution in [0.3, 0.4) is 0 Å². The molecule has 1 aromatic carbocycles. The minimum Gasteiger partial charge on any atom is -0.430 e. The maximum Gasteiger partial charge on any atom is 0.335 e. The van der Waals surface area contributed by atoms with Gasteiger partial charge in [-0.2, -0.15) is 0 Å². The van der Waals surface area contributed by atoms with Crippen LogP contribution in [0, 0.1) is 0 Å². The second-order valence-electron chi connectivity index (χ2n) is 4.39. The molecule has 104 valence electrons. The number of aliphatic hydroxyl groups is 1. The molecule has 1 amide bonds. The number of aliphatic hydroxyl groups excluding tert-OH is 1. The molecule has 0 radical (unpaired) electrons. The van der Waals surface area contributed by atoms with Crippen LogP contribution in [0.25, 0.3) is 0 Å². The van der Waals surface area contributed by atoms with Gasteiger partial charge in [0.05, 0.1) is 18.2 Å². The second-order valence-corrected chi connectivity index (χ2v) is 4.39. The van der Waals surface area contributed by atoms with Crippen molar-refractivity contribution in [2.24, 2.45) is 0 Å². The average Bonchev–Trinajstić information content (AvgIpc) is 2.48. The zero-order valence-corrected chi connectivity index (χ0v) is 10.8. The number of benzene rings is 1. The molecule has 5 nitrogen and oxygen atoms in total. The summed E-state index contributed by atoms with van der Waals surface area (Å²) in [5.41, 5.74) is 0.757. The first-order chi connectivity index (χ1) is 9.69. The van der Waals surface area contributed by atoms with Gasteiger partial charge in [0.15, 0.2) is 0 Å². The predicted molar refractivity (Wildman–Crippen MR) is 73.5 cm³/mol. The maximum atomic E-state index is 11.9. The summed E-state index contributed by atoms with van der Waals surface area (Å²) < 4.78 is 4.63. The van der Waals surface area contributed by atoms with Crippen LogP contribution in [-0.2, 0) is 6.42 Å². The molecule has 0 spiro atoms. The molecule has 0 unspecified atom stereocenters. The second kappa shape index (κ2) is 6.68. The molecular weight excluding hydrogens is 258 g/mol. The quantitative estimate of drug-likeness (QED) is 0.851. The smallest absolute Gasteiger partial charge is 0.335 e. The normalized spacial score (nSPS) is 11.8. The number of nitrogens with one attached hydrogen (secondary N) is 1. The van der Waals surface area contributed by atoms with Gasteiger partial charge in [-0.15, -0.1) is 0 Å². The molecule has 1 aromatic heterocycles. The maximum absolute atomic E-state index is 11.9. The minimum absolute atomic E-state index is 0.169. The van der Waals surface area contributed by atoms with E-state index in [1.54, 1.807) is 0 Å². The van der Waals surface area contributed by atoms with Crippen LogP contribution in [0.15, 0.2) is 57.9 Å². The summed E-state index contributed by atoms with van der Waals surface area (Å²) in [7, 11) is 0. The summed E-state index contributed by atoms with van der Waals surface area (Å²) in [6, 6.07) is 11.7. The standard InChI is InChI=1S/C15H15NO4/c17-9-13(8-11-4-2-1-3-5-11)16-15(19)12-6-7-14(18)20-10-12/h1-7,10,13,17H,8-9H2,(H,16,19)/t13-/m0/s1. The van der Waals surface area contributed by atoms with E-state index in [-0.39, 0.29) is 18.1 Å². The lowest BCUT2D eigenvalue weighted by molar-refractivity contribution is 0.0914. The topological polar surface area (TPSA) is 79.5 Å². The van der Waals surface area contributed by atoms with Gasteiger partial charge in [0.1, 0.15) is 6.26 Å². The lowest BCUT2D eigenvalue weighted by Gasteiger charge is -2.16. The van der Waals surface area contributed by atoms with Gasteiger partial charge in [-0.05, 0) is 18.1 Å².